The van der Waals surface area contributed by atoms with Crippen molar-refractivity contribution in [3.63, 3.8) is 0 Å². The quantitative estimate of drug-likeness (QED) is 0.546. The van der Waals surface area contributed by atoms with E-state index in [9.17, 15) is 9.90 Å². The van der Waals surface area contributed by atoms with Crippen molar-refractivity contribution in [1.82, 2.24) is 9.78 Å². The minimum absolute atomic E-state index is 0.0621. The van der Waals surface area contributed by atoms with Gasteiger partial charge >= 0.3 is 0 Å². The molecule has 0 radical (unpaired) electrons. The molecule has 1 heterocycles. The maximum absolute atomic E-state index is 13.9. The summed E-state index contributed by atoms with van der Waals surface area (Å²) in [5.41, 5.74) is 0.623. The van der Waals surface area contributed by atoms with Gasteiger partial charge in [0.1, 0.15) is 17.8 Å². The van der Waals surface area contributed by atoms with Gasteiger partial charge in [-0.05, 0) is 105 Å². The van der Waals surface area contributed by atoms with Crippen LogP contribution in [0.2, 0.25) is 0 Å². The Morgan fingerprint density at radius 3 is 2.70 bits per heavy atom. The molecule has 4 fully saturated rings. The highest BCUT2D eigenvalue weighted by atomic mass is 16.5. The largest absolute Gasteiger partial charge is 0.494 e. The molecule has 4 aliphatic carbocycles. The lowest BCUT2D eigenvalue weighted by molar-refractivity contribution is -0.175. The molecule has 8 atom stereocenters. The van der Waals surface area contributed by atoms with Crippen molar-refractivity contribution in [1.29, 1.82) is 0 Å². The summed E-state index contributed by atoms with van der Waals surface area (Å²) in [5.74, 6) is 3.64. The number of Topliss-reactive ketones (excluding diaryl/α,β-unsaturated/α-hetero) is 1. The summed E-state index contributed by atoms with van der Waals surface area (Å²) in [6, 6.07) is 5.93. The number of hydrogen-bond acceptors (Lipinski definition) is 5. The van der Waals surface area contributed by atoms with Crippen LogP contribution in [0.4, 0.5) is 0 Å². The Hall–Kier alpha value is -1.92. The second-order valence-corrected chi connectivity index (χ2v) is 13.4. The maximum Gasteiger partial charge on any atom is 0.157 e. The number of hydrogen-bond donors (Lipinski definition) is 1. The monoisotopic (exact) mass is 508 g/mol. The van der Waals surface area contributed by atoms with Crippen molar-refractivity contribution in [2.24, 2.45) is 40.4 Å². The molecule has 0 saturated heterocycles. The number of benzene rings is 1. The Morgan fingerprint density at radius 2 is 1.92 bits per heavy atom. The second kappa shape index (κ2) is 9.08. The van der Waals surface area contributed by atoms with Crippen LogP contribution in [-0.2, 0) is 16.1 Å². The summed E-state index contributed by atoms with van der Waals surface area (Å²) < 4.78 is 13.4. The number of carbonyl (C=O) groups excluding carboxylic acids is 1. The van der Waals surface area contributed by atoms with E-state index in [1.807, 2.05) is 43.1 Å². The normalized spacial score (nSPS) is 41.2. The van der Waals surface area contributed by atoms with Crippen molar-refractivity contribution < 1.29 is 19.4 Å². The third kappa shape index (κ3) is 3.88. The molecule has 2 aromatic rings. The Labute approximate surface area is 221 Å². The zero-order chi connectivity index (χ0) is 26.0. The third-order valence-electron chi connectivity index (χ3n) is 11.6. The first-order valence-corrected chi connectivity index (χ1v) is 14.4. The lowest BCUT2D eigenvalue weighted by Gasteiger charge is -2.62. The maximum atomic E-state index is 13.9. The number of para-hydroxylation sites is 1. The molecule has 1 aromatic carbocycles. The summed E-state index contributed by atoms with van der Waals surface area (Å²) >= 11 is 0. The van der Waals surface area contributed by atoms with Gasteiger partial charge in [-0.15, -0.1) is 0 Å². The molecule has 0 unspecified atom stereocenters. The number of methoxy groups -OCH3 is 2. The van der Waals surface area contributed by atoms with Crippen molar-refractivity contribution in [2.45, 2.75) is 83.8 Å². The van der Waals surface area contributed by atoms with Crippen LogP contribution in [0.1, 0.15) is 71.6 Å². The first-order chi connectivity index (χ1) is 17.7. The van der Waals surface area contributed by atoms with Gasteiger partial charge in [-0.3, -0.25) is 9.48 Å². The smallest absolute Gasteiger partial charge is 0.157 e. The molecule has 0 bridgehead atoms. The van der Waals surface area contributed by atoms with Crippen molar-refractivity contribution >= 4 is 16.7 Å². The number of carbonyl (C=O) groups is 1. The van der Waals surface area contributed by atoms with Gasteiger partial charge in [-0.1, -0.05) is 19.1 Å². The first kappa shape index (κ1) is 25.4. The molecule has 4 saturated carbocycles. The van der Waals surface area contributed by atoms with Gasteiger partial charge < -0.3 is 14.6 Å². The van der Waals surface area contributed by atoms with Gasteiger partial charge in [0.05, 0.1) is 25.5 Å². The predicted octanol–water partition coefficient (Wildman–Crippen LogP) is 5.65. The summed E-state index contributed by atoms with van der Waals surface area (Å²) in [4.78, 5) is 13.9. The van der Waals surface area contributed by atoms with Crippen molar-refractivity contribution in [3.8, 4) is 5.75 Å². The van der Waals surface area contributed by atoms with Gasteiger partial charge in [0.15, 0.2) is 5.78 Å². The highest BCUT2D eigenvalue weighted by Gasteiger charge is 2.63. The second-order valence-electron chi connectivity index (χ2n) is 13.4. The van der Waals surface area contributed by atoms with Crippen LogP contribution < -0.4 is 4.74 Å². The molecular weight excluding hydrogens is 464 g/mol. The van der Waals surface area contributed by atoms with Crippen LogP contribution in [-0.4, -0.2) is 47.1 Å². The number of aromatic nitrogens is 2. The molecule has 4 aliphatic rings. The van der Waals surface area contributed by atoms with E-state index in [-0.39, 0.29) is 16.7 Å². The van der Waals surface area contributed by atoms with Crippen molar-refractivity contribution in [3.05, 3.63) is 24.4 Å². The molecule has 0 spiro atoms. The van der Waals surface area contributed by atoms with Gasteiger partial charge in [0, 0.05) is 18.4 Å². The number of nitrogens with zero attached hydrogens (tertiary/aromatic N) is 2. The Bertz CT molecular complexity index is 1170. The molecule has 0 aliphatic heterocycles. The van der Waals surface area contributed by atoms with E-state index in [4.69, 9.17) is 9.47 Å². The molecule has 1 aromatic heterocycles. The van der Waals surface area contributed by atoms with Gasteiger partial charge in [0.25, 0.3) is 0 Å². The van der Waals surface area contributed by atoms with E-state index in [0.717, 1.165) is 61.8 Å². The lowest BCUT2D eigenvalue weighted by Crippen LogP contribution is -2.58. The molecule has 1 N–H and O–H groups in total. The summed E-state index contributed by atoms with van der Waals surface area (Å²) in [6.45, 7) is 5.58. The molecule has 37 heavy (non-hydrogen) atoms. The van der Waals surface area contributed by atoms with Gasteiger partial charge in [0.2, 0.25) is 0 Å². The fourth-order valence-corrected chi connectivity index (χ4v) is 9.96. The molecule has 202 valence electrons. The van der Waals surface area contributed by atoms with E-state index in [2.05, 4.69) is 12.0 Å². The van der Waals surface area contributed by atoms with Crippen LogP contribution in [0.3, 0.4) is 0 Å². The molecule has 0 amide bonds. The zero-order valence-electron chi connectivity index (χ0n) is 23.0. The van der Waals surface area contributed by atoms with Gasteiger partial charge in [-0.25, -0.2) is 0 Å². The third-order valence-corrected chi connectivity index (χ3v) is 11.6. The lowest BCUT2D eigenvalue weighted by atomic mass is 9.43. The average molecular weight is 509 g/mol. The zero-order valence-corrected chi connectivity index (χ0v) is 23.0. The first-order valence-electron chi connectivity index (χ1n) is 14.4. The van der Waals surface area contributed by atoms with Crippen molar-refractivity contribution in [2.75, 3.05) is 20.8 Å². The Kier molecular flexibility index (Phi) is 6.23. The van der Waals surface area contributed by atoms with Crippen LogP contribution in [0, 0.1) is 40.4 Å². The summed E-state index contributed by atoms with van der Waals surface area (Å²) in [7, 11) is 3.53. The molecular formula is C31H44N2O4. The topological polar surface area (TPSA) is 73.6 Å². The number of rotatable bonds is 6. The summed E-state index contributed by atoms with van der Waals surface area (Å²) in [5, 5.41) is 16.5. The standard InChI is InChI=1S/C31H44N2O4/c1-29(35)14-15-31(19-36-3)21(16-29)8-9-22-23-10-11-25(30(23,2)13-12-24(22)31)26(34)18-33-28-20(17-32-33)6-5-7-27(28)37-4/h5-7,17,21-25,35H,8-16,18-19H2,1-4H3/t21-,22-,23-,24-,25+,29+,30-,31+/m0/s1. The van der Waals surface area contributed by atoms with Crippen LogP contribution in [0.15, 0.2) is 24.4 Å². The fourth-order valence-electron chi connectivity index (χ4n) is 9.96. The van der Waals surface area contributed by atoms with Crippen LogP contribution >= 0.6 is 0 Å². The SMILES string of the molecule is COC[C@]12CC[C@@](C)(O)C[C@@H]1CC[C@H]1[C@@H]3CC[C@H](C(=O)Cn4ncc5cccc(OC)c54)[C@@]3(C)CC[C@@H]12. The van der Waals surface area contributed by atoms with E-state index < -0.39 is 5.60 Å². The van der Waals surface area contributed by atoms with E-state index in [0.29, 0.717) is 36.0 Å². The number of ether oxygens (including phenoxy) is 2. The van der Waals surface area contributed by atoms with E-state index in [1.54, 1.807) is 7.11 Å². The average Bonchev–Trinajstić information content (AvgIpc) is 3.45. The molecule has 6 rings (SSSR count). The minimum Gasteiger partial charge on any atom is -0.494 e. The van der Waals surface area contributed by atoms with E-state index >= 15 is 0 Å². The highest BCUT2D eigenvalue weighted by Crippen LogP contribution is 2.68. The Balaban J connectivity index is 1.24. The summed E-state index contributed by atoms with van der Waals surface area (Å²) in [6.07, 6.45) is 11.6. The highest BCUT2D eigenvalue weighted by molar-refractivity contribution is 5.88. The fraction of sp³-hybridized carbons (Fsp3) is 0.742. The molecule has 6 heteroatoms. The number of ketones is 1. The van der Waals surface area contributed by atoms with E-state index in [1.165, 1.54) is 19.3 Å². The van der Waals surface area contributed by atoms with Crippen LogP contribution in [0.25, 0.3) is 10.9 Å². The minimum atomic E-state index is -0.540. The Morgan fingerprint density at radius 1 is 1.08 bits per heavy atom. The number of aliphatic hydroxyl groups is 1. The number of fused-ring (bicyclic) bond motifs is 6. The molecule has 6 nitrogen and oxygen atoms in total. The van der Waals surface area contributed by atoms with Gasteiger partial charge in [-0.2, -0.15) is 5.10 Å². The predicted molar refractivity (Wildman–Crippen MR) is 143 cm³/mol. The van der Waals surface area contributed by atoms with Crippen LogP contribution in [0.5, 0.6) is 5.75 Å².